The molecule has 1 N–H and O–H groups in total. The number of ether oxygens (including phenoxy) is 2. The maximum atomic E-state index is 13.1. The fraction of sp³-hybridized carbons (Fsp3) is 0.350. The van der Waals surface area contributed by atoms with Crippen molar-refractivity contribution >= 4 is 23.2 Å². The molecule has 138 valence electrons. The molecule has 1 atom stereocenters. The third-order valence-corrected chi connectivity index (χ3v) is 4.87. The number of likely N-dealkylation sites (tertiary alicyclic amines) is 1. The summed E-state index contributed by atoms with van der Waals surface area (Å²) in [5.41, 5.74) is 1.55. The zero-order valence-corrected chi connectivity index (χ0v) is 15.8. The van der Waals surface area contributed by atoms with Crippen LogP contribution in [0.2, 0.25) is 5.02 Å². The van der Waals surface area contributed by atoms with E-state index in [9.17, 15) is 4.79 Å². The van der Waals surface area contributed by atoms with Crippen molar-refractivity contribution in [2.45, 2.75) is 18.9 Å². The zero-order valence-electron chi connectivity index (χ0n) is 15.0. The molecule has 0 spiro atoms. The van der Waals surface area contributed by atoms with Crippen LogP contribution in [0.25, 0.3) is 0 Å². The monoisotopic (exact) mass is 374 g/mol. The van der Waals surface area contributed by atoms with Crippen LogP contribution < -0.4 is 14.8 Å². The molecule has 26 heavy (non-hydrogen) atoms. The van der Waals surface area contributed by atoms with Gasteiger partial charge in [0, 0.05) is 19.2 Å². The van der Waals surface area contributed by atoms with E-state index in [1.807, 2.05) is 35.2 Å². The highest BCUT2D eigenvalue weighted by Crippen LogP contribution is 2.38. The first-order valence-electron chi connectivity index (χ1n) is 8.66. The first-order valence-corrected chi connectivity index (χ1v) is 9.03. The van der Waals surface area contributed by atoms with Crippen molar-refractivity contribution < 1.29 is 14.3 Å². The number of carbonyl (C=O) groups excluding carboxylic acids is 1. The van der Waals surface area contributed by atoms with Crippen molar-refractivity contribution in [1.29, 1.82) is 0 Å². The van der Waals surface area contributed by atoms with Crippen LogP contribution in [0, 0.1) is 0 Å². The molecule has 0 radical (unpaired) electrons. The lowest BCUT2D eigenvalue weighted by molar-refractivity contribution is -0.131. The first-order chi connectivity index (χ1) is 12.6. The van der Waals surface area contributed by atoms with E-state index in [0.717, 1.165) is 31.5 Å². The third-order valence-electron chi connectivity index (χ3n) is 4.57. The highest BCUT2D eigenvalue weighted by Gasteiger charge is 2.28. The Balaban J connectivity index is 1.95. The van der Waals surface area contributed by atoms with E-state index in [-0.39, 0.29) is 5.91 Å². The van der Waals surface area contributed by atoms with Crippen molar-refractivity contribution in [1.82, 2.24) is 4.90 Å². The van der Waals surface area contributed by atoms with Crippen molar-refractivity contribution in [2.75, 3.05) is 32.6 Å². The Morgan fingerprint density at radius 3 is 2.35 bits per heavy atom. The maximum absolute atomic E-state index is 13.1. The second kappa shape index (κ2) is 8.32. The second-order valence-corrected chi connectivity index (χ2v) is 6.61. The minimum atomic E-state index is -0.507. The molecule has 1 aliphatic heterocycles. The van der Waals surface area contributed by atoms with Crippen LogP contribution >= 0.6 is 11.6 Å². The van der Waals surface area contributed by atoms with Gasteiger partial charge < -0.3 is 19.7 Å². The predicted octanol–water partition coefficient (Wildman–Crippen LogP) is 4.13. The number of halogens is 1. The van der Waals surface area contributed by atoms with E-state index in [4.69, 9.17) is 21.1 Å². The lowest BCUT2D eigenvalue weighted by Crippen LogP contribution is -2.36. The van der Waals surface area contributed by atoms with Gasteiger partial charge in [0.05, 0.1) is 24.9 Å². The van der Waals surface area contributed by atoms with Crippen LogP contribution in [0.3, 0.4) is 0 Å². The van der Waals surface area contributed by atoms with Gasteiger partial charge in [0.1, 0.15) is 17.5 Å². The SMILES string of the molecule is COc1cc(OC)c(N[C@H](C(=O)N2CCCC2)c2ccccc2)cc1Cl. The van der Waals surface area contributed by atoms with Crippen LogP contribution in [0.4, 0.5) is 5.69 Å². The fourth-order valence-electron chi connectivity index (χ4n) is 3.18. The van der Waals surface area contributed by atoms with E-state index in [2.05, 4.69) is 5.32 Å². The number of carbonyl (C=O) groups is 1. The summed E-state index contributed by atoms with van der Waals surface area (Å²) < 4.78 is 10.7. The average Bonchev–Trinajstić information content (AvgIpc) is 3.21. The van der Waals surface area contributed by atoms with Gasteiger partial charge in [-0.3, -0.25) is 4.79 Å². The minimum Gasteiger partial charge on any atom is -0.495 e. The predicted molar refractivity (Wildman–Crippen MR) is 103 cm³/mol. The molecule has 0 saturated carbocycles. The number of hydrogen-bond acceptors (Lipinski definition) is 4. The molecule has 1 fully saturated rings. The van der Waals surface area contributed by atoms with E-state index < -0.39 is 6.04 Å². The Labute approximate surface area is 158 Å². The molecule has 1 heterocycles. The van der Waals surface area contributed by atoms with E-state index in [0.29, 0.717) is 22.2 Å². The standard InChI is InChI=1S/C20H23ClN2O3/c1-25-17-13-18(26-2)16(12-15(17)21)22-19(14-8-4-3-5-9-14)20(24)23-10-6-7-11-23/h3-5,8-9,12-13,19,22H,6-7,10-11H2,1-2H3/t19-/m0/s1. The summed E-state index contributed by atoms with van der Waals surface area (Å²) in [5.74, 6) is 1.15. The summed E-state index contributed by atoms with van der Waals surface area (Å²) in [6, 6.07) is 12.6. The van der Waals surface area contributed by atoms with Crippen LogP contribution in [0.1, 0.15) is 24.4 Å². The van der Waals surface area contributed by atoms with Gasteiger partial charge in [-0.1, -0.05) is 41.9 Å². The summed E-state index contributed by atoms with van der Waals surface area (Å²) in [6.07, 6.45) is 2.09. The normalized spacial score (nSPS) is 14.8. The number of amides is 1. The summed E-state index contributed by atoms with van der Waals surface area (Å²) in [6.45, 7) is 1.59. The van der Waals surface area contributed by atoms with E-state index >= 15 is 0 Å². The van der Waals surface area contributed by atoms with Gasteiger partial charge in [-0.15, -0.1) is 0 Å². The summed E-state index contributed by atoms with van der Waals surface area (Å²) >= 11 is 6.28. The van der Waals surface area contributed by atoms with Crippen LogP contribution in [-0.4, -0.2) is 38.1 Å². The topological polar surface area (TPSA) is 50.8 Å². The van der Waals surface area contributed by atoms with Gasteiger partial charge in [0.25, 0.3) is 0 Å². The average molecular weight is 375 g/mol. The number of methoxy groups -OCH3 is 2. The van der Waals surface area contributed by atoms with Crippen molar-refractivity contribution in [3.63, 3.8) is 0 Å². The Morgan fingerprint density at radius 1 is 1.08 bits per heavy atom. The Kier molecular flexibility index (Phi) is 5.89. The molecule has 1 amide bonds. The van der Waals surface area contributed by atoms with Gasteiger partial charge in [-0.2, -0.15) is 0 Å². The highest BCUT2D eigenvalue weighted by atomic mass is 35.5. The van der Waals surface area contributed by atoms with E-state index in [1.54, 1.807) is 26.4 Å². The lowest BCUT2D eigenvalue weighted by Gasteiger charge is -2.26. The quantitative estimate of drug-likeness (QED) is 0.825. The van der Waals surface area contributed by atoms with E-state index in [1.165, 1.54) is 0 Å². The Morgan fingerprint density at radius 2 is 1.73 bits per heavy atom. The van der Waals surface area contributed by atoms with Crippen molar-refractivity contribution in [3.05, 3.63) is 53.1 Å². The largest absolute Gasteiger partial charge is 0.495 e. The van der Waals surface area contributed by atoms with Gasteiger partial charge in [-0.05, 0) is 24.5 Å². The molecule has 2 aromatic carbocycles. The molecule has 1 aliphatic rings. The van der Waals surface area contributed by atoms with Gasteiger partial charge in [-0.25, -0.2) is 0 Å². The van der Waals surface area contributed by atoms with Gasteiger partial charge in [0.15, 0.2) is 0 Å². The molecule has 2 aromatic rings. The lowest BCUT2D eigenvalue weighted by atomic mass is 10.0. The molecular weight excluding hydrogens is 352 g/mol. The molecule has 5 nitrogen and oxygen atoms in total. The number of nitrogens with one attached hydrogen (secondary N) is 1. The fourth-order valence-corrected chi connectivity index (χ4v) is 3.42. The second-order valence-electron chi connectivity index (χ2n) is 6.21. The summed E-state index contributed by atoms with van der Waals surface area (Å²) in [7, 11) is 3.13. The Bertz CT molecular complexity index is 761. The van der Waals surface area contributed by atoms with Crippen LogP contribution in [0.5, 0.6) is 11.5 Å². The Hall–Kier alpha value is -2.40. The molecule has 0 aromatic heterocycles. The van der Waals surface area contributed by atoms with Gasteiger partial charge >= 0.3 is 0 Å². The zero-order chi connectivity index (χ0) is 18.5. The summed E-state index contributed by atoms with van der Waals surface area (Å²) in [5, 5.41) is 3.78. The number of benzene rings is 2. The molecule has 6 heteroatoms. The molecule has 3 rings (SSSR count). The molecule has 0 unspecified atom stereocenters. The number of hydrogen-bond donors (Lipinski definition) is 1. The van der Waals surface area contributed by atoms with Crippen LogP contribution in [-0.2, 0) is 4.79 Å². The highest BCUT2D eigenvalue weighted by molar-refractivity contribution is 6.32. The maximum Gasteiger partial charge on any atom is 0.249 e. The smallest absolute Gasteiger partial charge is 0.249 e. The molecule has 1 saturated heterocycles. The first kappa shape index (κ1) is 18.4. The summed E-state index contributed by atoms with van der Waals surface area (Å²) in [4.78, 5) is 15.0. The number of rotatable bonds is 6. The molecular formula is C20H23ClN2O3. The minimum absolute atomic E-state index is 0.0580. The van der Waals surface area contributed by atoms with Crippen molar-refractivity contribution in [3.8, 4) is 11.5 Å². The number of nitrogens with zero attached hydrogens (tertiary/aromatic N) is 1. The van der Waals surface area contributed by atoms with Crippen molar-refractivity contribution in [2.24, 2.45) is 0 Å². The third kappa shape index (κ3) is 3.88. The molecule has 0 bridgehead atoms. The molecule has 0 aliphatic carbocycles. The van der Waals surface area contributed by atoms with Gasteiger partial charge in [0.2, 0.25) is 5.91 Å². The number of anilines is 1. The van der Waals surface area contributed by atoms with Crippen LogP contribution in [0.15, 0.2) is 42.5 Å².